The third-order valence-electron chi connectivity index (χ3n) is 6.03. The van der Waals surface area contributed by atoms with Gasteiger partial charge in [0.15, 0.2) is 0 Å². The summed E-state index contributed by atoms with van der Waals surface area (Å²) in [5.41, 5.74) is 16.9. The summed E-state index contributed by atoms with van der Waals surface area (Å²) in [6, 6.07) is 7.68. The molecule has 38 heavy (non-hydrogen) atoms. The van der Waals surface area contributed by atoms with Crippen molar-refractivity contribution in [3.05, 3.63) is 56.3 Å². The zero-order chi connectivity index (χ0) is 28.3. The van der Waals surface area contributed by atoms with Crippen LogP contribution < -0.4 is 10.6 Å². The predicted molar refractivity (Wildman–Crippen MR) is 146 cm³/mol. The average molecular weight is 531 g/mol. The Bertz CT molecular complexity index is 896. The lowest BCUT2D eigenvalue weighted by Crippen LogP contribution is -2.43. The molecule has 0 aliphatic carbocycles. The van der Waals surface area contributed by atoms with Crippen molar-refractivity contribution in [2.45, 2.75) is 90.1 Å². The Morgan fingerprint density at radius 3 is 1.53 bits per heavy atom. The third kappa shape index (κ3) is 13.6. The van der Waals surface area contributed by atoms with E-state index in [-0.39, 0.29) is 0 Å². The van der Waals surface area contributed by atoms with Gasteiger partial charge in [0.25, 0.3) is 0 Å². The highest BCUT2D eigenvalue weighted by molar-refractivity contribution is 5.69. The number of carbonyl (C=O) groups is 2. The van der Waals surface area contributed by atoms with Gasteiger partial charge < -0.3 is 20.1 Å². The number of rotatable bonds is 18. The van der Waals surface area contributed by atoms with Gasteiger partial charge in [0.1, 0.15) is 0 Å². The summed E-state index contributed by atoms with van der Waals surface area (Å²) in [4.78, 5) is 30.2. The second-order valence-electron chi connectivity index (χ2n) is 10.1. The highest BCUT2D eigenvalue weighted by Gasteiger charge is 2.28. The van der Waals surface area contributed by atoms with Crippen LogP contribution in [0.25, 0.3) is 20.9 Å². The second-order valence-corrected chi connectivity index (χ2v) is 10.1. The van der Waals surface area contributed by atoms with Gasteiger partial charge >= 0.3 is 12.2 Å². The lowest BCUT2D eigenvalue weighted by atomic mass is 9.87. The van der Waals surface area contributed by atoms with Gasteiger partial charge in [-0.25, -0.2) is 9.59 Å². The van der Waals surface area contributed by atoms with Crippen molar-refractivity contribution < 1.29 is 19.1 Å². The maximum absolute atomic E-state index is 12.4. The van der Waals surface area contributed by atoms with Gasteiger partial charge in [0.2, 0.25) is 0 Å². The van der Waals surface area contributed by atoms with E-state index in [0.717, 1.165) is 62.5 Å². The van der Waals surface area contributed by atoms with E-state index in [1.54, 1.807) is 0 Å². The minimum absolute atomic E-state index is 0.318. The topological polar surface area (TPSA) is 174 Å². The van der Waals surface area contributed by atoms with Gasteiger partial charge in [-0.3, -0.25) is 0 Å². The molecule has 0 bridgehead atoms. The molecule has 12 heteroatoms. The Hall–Kier alpha value is -3.62. The van der Waals surface area contributed by atoms with E-state index in [0.29, 0.717) is 26.3 Å². The molecule has 2 amide bonds. The molecule has 0 radical (unpaired) electrons. The molecule has 0 heterocycles. The summed E-state index contributed by atoms with van der Waals surface area (Å²) < 4.78 is 10.7. The second kappa shape index (κ2) is 17.8. The number of amides is 2. The molecule has 210 valence electrons. The van der Waals surface area contributed by atoms with Crippen LogP contribution in [0.15, 0.2) is 34.5 Å². The third-order valence-corrected chi connectivity index (χ3v) is 6.03. The standard InChI is InChI=1S/C26H42N8O4/c1-25(2,31-23(35)37-18-11-7-5-9-16-29-33-27)21-14-13-15-22(20-21)26(3,4)32-24(36)38-19-12-8-6-10-17-30-34-28/h13-15,20H,5-12,16-19H2,1-4H3,(H,31,35)(H,32,36). The van der Waals surface area contributed by atoms with Gasteiger partial charge in [0.05, 0.1) is 24.3 Å². The molecule has 1 aromatic carbocycles. The molecule has 0 aliphatic rings. The van der Waals surface area contributed by atoms with Gasteiger partial charge in [0, 0.05) is 22.9 Å². The van der Waals surface area contributed by atoms with Crippen molar-refractivity contribution in [2.24, 2.45) is 10.2 Å². The minimum atomic E-state index is -0.697. The van der Waals surface area contributed by atoms with Crippen molar-refractivity contribution in [3.63, 3.8) is 0 Å². The van der Waals surface area contributed by atoms with Gasteiger partial charge in [-0.2, -0.15) is 0 Å². The smallest absolute Gasteiger partial charge is 0.407 e. The Morgan fingerprint density at radius 2 is 1.13 bits per heavy atom. The Labute approximate surface area is 225 Å². The number of hydrogen-bond donors (Lipinski definition) is 2. The summed E-state index contributed by atoms with van der Waals surface area (Å²) in [5.74, 6) is 0. The molecule has 0 aliphatic heterocycles. The van der Waals surface area contributed by atoms with Crippen molar-refractivity contribution >= 4 is 12.2 Å². The monoisotopic (exact) mass is 530 g/mol. The number of azide groups is 2. The Morgan fingerprint density at radius 1 is 0.737 bits per heavy atom. The van der Waals surface area contributed by atoms with Crippen LogP contribution in [0.1, 0.15) is 90.2 Å². The molecule has 12 nitrogen and oxygen atoms in total. The lowest BCUT2D eigenvalue weighted by Gasteiger charge is -2.30. The average Bonchev–Trinajstić information content (AvgIpc) is 2.86. The Kier molecular flexibility index (Phi) is 15.2. The first kappa shape index (κ1) is 32.4. The van der Waals surface area contributed by atoms with Crippen LogP contribution >= 0.6 is 0 Å². The minimum Gasteiger partial charge on any atom is -0.450 e. The number of nitrogens with one attached hydrogen (secondary N) is 2. The fourth-order valence-electron chi connectivity index (χ4n) is 3.72. The fourth-order valence-corrected chi connectivity index (χ4v) is 3.72. The molecule has 0 aromatic heterocycles. The summed E-state index contributed by atoms with van der Waals surface area (Å²) in [6.07, 6.45) is 5.76. The zero-order valence-electron chi connectivity index (χ0n) is 23.1. The largest absolute Gasteiger partial charge is 0.450 e. The summed E-state index contributed by atoms with van der Waals surface area (Å²) in [7, 11) is 0. The number of carbonyl (C=O) groups excluding carboxylic acids is 2. The number of ether oxygens (including phenoxy) is 2. The van der Waals surface area contributed by atoms with E-state index in [1.165, 1.54) is 0 Å². The van der Waals surface area contributed by atoms with E-state index in [4.69, 9.17) is 20.5 Å². The fraction of sp³-hybridized carbons (Fsp3) is 0.692. The maximum Gasteiger partial charge on any atom is 0.407 e. The van der Waals surface area contributed by atoms with Crippen LogP contribution in [-0.2, 0) is 20.6 Å². The van der Waals surface area contributed by atoms with Crippen LogP contribution in [0.3, 0.4) is 0 Å². The van der Waals surface area contributed by atoms with E-state index >= 15 is 0 Å². The van der Waals surface area contributed by atoms with E-state index < -0.39 is 23.3 Å². The van der Waals surface area contributed by atoms with Crippen LogP contribution in [0.4, 0.5) is 9.59 Å². The predicted octanol–water partition coefficient (Wildman–Crippen LogP) is 7.35. The molecule has 0 saturated heterocycles. The van der Waals surface area contributed by atoms with Crippen LogP contribution in [0.2, 0.25) is 0 Å². The SMILES string of the molecule is CC(C)(NC(=O)OCCCCCCN=[N+]=[N-])c1cccc(C(C)(C)NC(=O)OCCCCCCN=[N+]=[N-])c1. The molecule has 2 N–H and O–H groups in total. The maximum atomic E-state index is 12.4. The molecule has 0 unspecified atom stereocenters. The molecule has 1 aromatic rings. The molecular formula is C26H42N8O4. The summed E-state index contributed by atoms with van der Waals surface area (Å²) in [6.45, 7) is 9.18. The summed E-state index contributed by atoms with van der Waals surface area (Å²) in [5, 5.41) is 12.8. The molecule has 0 atom stereocenters. The quantitative estimate of drug-likeness (QED) is 0.0873. The molecule has 0 fully saturated rings. The highest BCUT2D eigenvalue weighted by Crippen LogP contribution is 2.27. The normalized spacial score (nSPS) is 11.1. The van der Waals surface area contributed by atoms with Gasteiger partial charge in [-0.05, 0) is 75.6 Å². The van der Waals surface area contributed by atoms with E-state index in [2.05, 4.69) is 30.7 Å². The number of alkyl carbamates (subject to hydrolysis) is 2. The first-order chi connectivity index (χ1) is 18.1. The Balaban J connectivity index is 2.51. The zero-order valence-corrected chi connectivity index (χ0v) is 23.1. The molecule has 0 saturated carbocycles. The molecule has 0 spiro atoms. The number of hydrogen-bond acceptors (Lipinski definition) is 6. The number of benzene rings is 1. The molecular weight excluding hydrogens is 488 g/mol. The van der Waals surface area contributed by atoms with E-state index in [9.17, 15) is 9.59 Å². The van der Waals surface area contributed by atoms with Crippen molar-refractivity contribution in [1.82, 2.24) is 10.6 Å². The van der Waals surface area contributed by atoms with Crippen LogP contribution in [-0.4, -0.2) is 38.5 Å². The van der Waals surface area contributed by atoms with Crippen LogP contribution in [0.5, 0.6) is 0 Å². The highest BCUT2D eigenvalue weighted by atomic mass is 16.6. The van der Waals surface area contributed by atoms with Gasteiger partial charge in [-0.15, -0.1) is 0 Å². The van der Waals surface area contributed by atoms with Gasteiger partial charge in [-0.1, -0.05) is 60.2 Å². The number of unbranched alkanes of at least 4 members (excludes halogenated alkanes) is 6. The first-order valence-corrected chi connectivity index (χ1v) is 13.1. The van der Waals surface area contributed by atoms with Crippen molar-refractivity contribution in [2.75, 3.05) is 26.3 Å². The number of nitrogens with zero attached hydrogens (tertiary/aromatic N) is 6. The lowest BCUT2D eigenvalue weighted by molar-refractivity contribution is 0.133. The van der Waals surface area contributed by atoms with Crippen LogP contribution in [0, 0.1) is 0 Å². The molecule has 1 rings (SSSR count). The van der Waals surface area contributed by atoms with Crippen molar-refractivity contribution in [1.29, 1.82) is 0 Å². The summed E-state index contributed by atoms with van der Waals surface area (Å²) >= 11 is 0. The van der Waals surface area contributed by atoms with Crippen molar-refractivity contribution in [3.8, 4) is 0 Å². The first-order valence-electron chi connectivity index (χ1n) is 13.1. The van der Waals surface area contributed by atoms with E-state index in [1.807, 2.05) is 52.0 Å².